The highest BCUT2D eigenvalue weighted by Crippen LogP contribution is 2.35. The van der Waals surface area contributed by atoms with Gasteiger partial charge < -0.3 is 18.7 Å². The van der Waals surface area contributed by atoms with E-state index in [-0.39, 0.29) is 12.4 Å². The zero-order valence-corrected chi connectivity index (χ0v) is 17.4. The predicted octanol–water partition coefficient (Wildman–Crippen LogP) is 2.87. The number of sulfonamides is 1. The fourth-order valence-electron chi connectivity index (χ4n) is 3.01. The Hall–Kier alpha value is -3.27. The molecule has 4 rings (SSSR count). The molecule has 2 heterocycles. The van der Waals surface area contributed by atoms with Crippen molar-refractivity contribution in [3.05, 3.63) is 48.4 Å². The van der Waals surface area contributed by atoms with Gasteiger partial charge in [-0.25, -0.2) is 8.42 Å². The molecule has 30 heavy (non-hydrogen) atoms. The van der Waals surface area contributed by atoms with E-state index in [9.17, 15) is 8.42 Å². The number of methoxy groups -OCH3 is 1. The number of fused-ring (bicyclic) bond motifs is 1. The molecular formula is C20H21N3O6S. The van der Waals surface area contributed by atoms with E-state index in [1.807, 2.05) is 0 Å². The van der Waals surface area contributed by atoms with Crippen LogP contribution in [0.1, 0.15) is 12.3 Å². The van der Waals surface area contributed by atoms with Gasteiger partial charge in [0.25, 0.3) is 0 Å². The fraction of sp³-hybridized carbons (Fsp3) is 0.300. The third kappa shape index (κ3) is 4.33. The molecule has 0 unspecified atom stereocenters. The van der Waals surface area contributed by atoms with Crippen LogP contribution in [-0.4, -0.2) is 45.1 Å². The van der Waals surface area contributed by atoms with Gasteiger partial charge in [-0.05, 0) is 36.4 Å². The molecule has 0 bridgehead atoms. The SMILES string of the molecule is COc1ccc(-c2noc(CN(c3ccc4c(c3)OCCCO4)S(C)(=O)=O)n2)cc1. The fourth-order valence-corrected chi connectivity index (χ4v) is 3.85. The van der Waals surface area contributed by atoms with Crippen LogP contribution in [0.5, 0.6) is 17.2 Å². The molecule has 0 aliphatic carbocycles. The maximum Gasteiger partial charge on any atom is 0.247 e. The van der Waals surface area contributed by atoms with Crippen LogP contribution < -0.4 is 18.5 Å². The van der Waals surface area contributed by atoms with Gasteiger partial charge in [0.1, 0.15) is 12.3 Å². The van der Waals surface area contributed by atoms with Crippen molar-refractivity contribution in [3.8, 4) is 28.6 Å². The predicted molar refractivity (Wildman–Crippen MR) is 109 cm³/mol. The Bertz CT molecular complexity index is 1130. The highest BCUT2D eigenvalue weighted by molar-refractivity contribution is 7.92. The molecule has 1 aliphatic heterocycles. The van der Waals surface area contributed by atoms with Crippen LogP contribution in [0.2, 0.25) is 0 Å². The number of nitrogens with zero attached hydrogens (tertiary/aromatic N) is 3. The first-order chi connectivity index (χ1) is 14.4. The van der Waals surface area contributed by atoms with Gasteiger partial charge in [-0.3, -0.25) is 4.31 Å². The van der Waals surface area contributed by atoms with Gasteiger partial charge in [-0.2, -0.15) is 4.98 Å². The zero-order valence-electron chi connectivity index (χ0n) is 16.6. The molecule has 0 saturated heterocycles. The van der Waals surface area contributed by atoms with Crippen LogP contribution in [0.15, 0.2) is 47.0 Å². The lowest BCUT2D eigenvalue weighted by Gasteiger charge is -2.21. The van der Waals surface area contributed by atoms with Crippen molar-refractivity contribution >= 4 is 15.7 Å². The Morgan fingerprint density at radius 3 is 2.50 bits per heavy atom. The Morgan fingerprint density at radius 2 is 1.80 bits per heavy atom. The van der Waals surface area contributed by atoms with Crippen molar-refractivity contribution in [1.29, 1.82) is 0 Å². The van der Waals surface area contributed by atoms with Gasteiger partial charge in [0.2, 0.25) is 21.7 Å². The van der Waals surface area contributed by atoms with E-state index >= 15 is 0 Å². The van der Waals surface area contributed by atoms with Gasteiger partial charge in [-0.15, -0.1) is 0 Å². The van der Waals surface area contributed by atoms with Crippen LogP contribution in [0, 0.1) is 0 Å². The zero-order chi connectivity index (χ0) is 21.1. The molecular weight excluding hydrogens is 410 g/mol. The molecule has 2 aromatic carbocycles. The summed E-state index contributed by atoms with van der Waals surface area (Å²) in [6.45, 7) is 0.949. The first-order valence-electron chi connectivity index (χ1n) is 9.28. The summed E-state index contributed by atoms with van der Waals surface area (Å²) in [6, 6.07) is 12.2. The van der Waals surface area contributed by atoms with Crippen LogP contribution in [0.4, 0.5) is 5.69 Å². The van der Waals surface area contributed by atoms with Crippen molar-refractivity contribution in [2.24, 2.45) is 0 Å². The number of hydrogen-bond donors (Lipinski definition) is 0. The molecule has 0 spiro atoms. The number of hydrogen-bond acceptors (Lipinski definition) is 8. The van der Waals surface area contributed by atoms with Crippen molar-refractivity contribution in [1.82, 2.24) is 10.1 Å². The molecule has 0 saturated carbocycles. The van der Waals surface area contributed by atoms with Crippen molar-refractivity contribution < 1.29 is 27.2 Å². The van der Waals surface area contributed by atoms with Crippen LogP contribution >= 0.6 is 0 Å². The van der Waals surface area contributed by atoms with Crippen LogP contribution in [-0.2, 0) is 16.6 Å². The number of ether oxygens (including phenoxy) is 3. The van der Waals surface area contributed by atoms with E-state index in [4.69, 9.17) is 18.7 Å². The summed E-state index contributed by atoms with van der Waals surface area (Å²) >= 11 is 0. The first-order valence-corrected chi connectivity index (χ1v) is 11.1. The standard InChI is InChI=1S/C20H21N3O6S/c1-26-16-7-4-14(5-8-16)20-21-19(29-22-20)13-23(30(2,24)25)15-6-9-17-18(12-15)28-11-3-10-27-17/h4-9,12H,3,10-11,13H2,1-2H3. The van der Waals surface area contributed by atoms with Gasteiger partial charge in [-0.1, -0.05) is 5.16 Å². The van der Waals surface area contributed by atoms with Gasteiger partial charge in [0, 0.05) is 18.1 Å². The van der Waals surface area contributed by atoms with Gasteiger partial charge >= 0.3 is 0 Å². The monoisotopic (exact) mass is 431 g/mol. The van der Waals surface area contributed by atoms with Gasteiger partial charge in [0.15, 0.2) is 11.5 Å². The van der Waals surface area contributed by atoms with Crippen molar-refractivity contribution in [2.45, 2.75) is 13.0 Å². The first kappa shape index (κ1) is 20.0. The van der Waals surface area contributed by atoms with E-state index in [1.54, 1.807) is 49.6 Å². The second-order valence-electron chi connectivity index (χ2n) is 6.69. The van der Waals surface area contributed by atoms with Crippen LogP contribution in [0.25, 0.3) is 11.4 Å². The summed E-state index contributed by atoms with van der Waals surface area (Å²) in [5.41, 5.74) is 1.15. The number of benzene rings is 2. The molecule has 9 nitrogen and oxygen atoms in total. The normalized spacial score (nSPS) is 13.5. The molecule has 0 atom stereocenters. The Morgan fingerprint density at radius 1 is 1.07 bits per heavy atom. The summed E-state index contributed by atoms with van der Waals surface area (Å²) in [5.74, 6) is 2.32. The second kappa shape index (κ2) is 8.23. The number of rotatable bonds is 6. The minimum Gasteiger partial charge on any atom is -0.497 e. The van der Waals surface area contributed by atoms with Crippen molar-refractivity contribution in [2.75, 3.05) is 30.9 Å². The van der Waals surface area contributed by atoms with Crippen molar-refractivity contribution in [3.63, 3.8) is 0 Å². The minimum absolute atomic E-state index is 0.109. The third-order valence-electron chi connectivity index (χ3n) is 4.51. The van der Waals surface area contributed by atoms with E-state index in [1.165, 1.54) is 4.31 Å². The average molecular weight is 431 g/mol. The summed E-state index contributed by atoms with van der Waals surface area (Å²) in [6.07, 6.45) is 1.88. The van der Waals surface area contributed by atoms with Crippen LogP contribution in [0.3, 0.4) is 0 Å². The smallest absolute Gasteiger partial charge is 0.247 e. The maximum absolute atomic E-state index is 12.5. The number of aromatic nitrogens is 2. The highest BCUT2D eigenvalue weighted by Gasteiger charge is 2.23. The van der Waals surface area contributed by atoms with E-state index < -0.39 is 10.0 Å². The molecule has 1 aliphatic rings. The topological polar surface area (TPSA) is 104 Å². The molecule has 0 amide bonds. The quantitative estimate of drug-likeness (QED) is 0.587. The lowest BCUT2D eigenvalue weighted by Crippen LogP contribution is -2.29. The van der Waals surface area contributed by atoms with Gasteiger partial charge in [0.05, 0.1) is 32.3 Å². The molecule has 0 fully saturated rings. The average Bonchev–Trinajstić information content (AvgIpc) is 3.08. The molecule has 158 valence electrons. The molecule has 0 radical (unpaired) electrons. The van der Waals surface area contributed by atoms with E-state index in [0.717, 1.165) is 18.2 Å². The Balaban J connectivity index is 1.60. The van der Waals surface area contributed by atoms with E-state index in [2.05, 4.69) is 10.1 Å². The molecule has 0 N–H and O–H groups in total. The lowest BCUT2D eigenvalue weighted by atomic mass is 10.2. The largest absolute Gasteiger partial charge is 0.497 e. The summed E-state index contributed by atoms with van der Waals surface area (Å²) in [4.78, 5) is 4.34. The third-order valence-corrected chi connectivity index (χ3v) is 5.66. The summed E-state index contributed by atoms with van der Waals surface area (Å²) in [5, 5.41) is 3.96. The second-order valence-corrected chi connectivity index (χ2v) is 8.60. The summed E-state index contributed by atoms with van der Waals surface area (Å²) in [7, 11) is -2.04. The highest BCUT2D eigenvalue weighted by atomic mass is 32.2. The molecule has 1 aromatic heterocycles. The minimum atomic E-state index is -3.62. The molecule has 10 heteroatoms. The number of anilines is 1. The Kier molecular flexibility index (Phi) is 5.49. The van der Waals surface area contributed by atoms with E-state index in [0.29, 0.717) is 42.0 Å². The maximum atomic E-state index is 12.5. The lowest BCUT2D eigenvalue weighted by molar-refractivity contribution is 0.297. The summed E-state index contributed by atoms with van der Waals surface area (Å²) < 4.78 is 47.9. The Labute approximate surface area is 174 Å². The molecule has 3 aromatic rings.